The number of nitrogens with zero attached hydrogens (tertiary/aromatic N) is 1. The summed E-state index contributed by atoms with van der Waals surface area (Å²) in [5, 5.41) is 0. The van der Waals surface area contributed by atoms with E-state index in [1.807, 2.05) is 0 Å². The van der Waals surface area contributed by atoms with Crippen LogP contribution in [0.3, 0.4) is 0 Å². The molecule has 0 radical (unpaired) electrons. The van der Waals surface area contributed by atoms with Crippen molar-refractivity contribution in [1.29, 1.82) is 0 Å². The van der Waals surface area contributed by atoms with Gasteiger partial charge in [0.25, 0.3) is 0 Å². The zero-order valence-electron chi connectivity index (χ0n) is 7.46. The Hall–Kier alpha value is -0.546. The van der Waals surface area contributed by atoms with Crippen molar-refractivity contribution in [2.24, 2.45) is 0 Å². The molecule has 0 spiro atoms. The Morgan fingerprint density at radius 2 is 1.91 bits per heavy atom. The van der Waals surface area contributed by atoms with Crippen molar-refractivity contribution >= 4 is 26.5 Å². The fraction of sp³-hybridized carbons (Fsp3) is 0.250. The van der Waals surface area contributed by atoms with E-state index in [9.17, 15) is 0 Å². The molecule has 0 aliphatic carbocycles. The molecule has 0 bridgehead atoms. The lowest BCUT2D eigenvalue weighted by atomic mass is 10.1. The monoisotopic (exact) mass is 181 g/mol. The lowest BCUT2D eigenvalue weighted by molar-refractivity contribution is 1.14. The minimum atomic E-state index is 1.15. The molecule has 0 aliphatic heterocycles. The number of hydrogen-bond donors (Lipinski definition) is 0. The van der Waals surface area contributed by atoms with Crippen LogP contribution in [-0.4, -0.2) is 20.8 Å². The van der Waals surface area contributed by atoms with Gasteiger partial charge in [-0.05, 0) is 18.1 Å². The van der Waals surface area contributed by atoms with Crippen molar-refractivity contribution in [3.63, 3.8) is 0 Å². The van der Waals surface area contributed by atoms with Crippen LogP contribution in [0.25, 0.3) is 0 Å². The Labute approximate surface area is 74.4 Å². The average molecular weight is 181 g/mol. The number of anilines is 1. The van der Waals surface area contributed by atoms with E-state index in [4.69, 9.17) is 0 Å². The van der Waals surface area contributed by atoms with E-state index in [0.717, 1.165) is 27.2 Å². The van der Waals surface area contributed by atoms with Gasteiger partial charge in [0.05, 0.1) is 20.8 Å². The van der Waals surface area contributed by atoms with Crippen LogP contribution in [0, 0.1) is 0 Å². The molecule has 0 saturated heterocycles. The third kappa shape index (κ3) is 1.94. The van der Waals surface area contributed by atoms with Crippen molar-refractivity contribution in [3.05, 3.63) is 29.8 Å². The first-order valence-corrected chi connectivity index (χ1v) is 5.79. The van der Waals surface area contributed by atoms with Gasteiger partial charge < -0.3 is 4.23 Å². The Morgan fingerprint density at radius 1 is 1.27 bits per heavy atom. The standard InChI is InChI=1S/C8H15NSi2/c1-2-7-5-3-4-6-8(7)9(10)11/h3-6H,2H2,1,10-11H3. The number of benzene rings is 1. The molecule has 0 unspecified atom stereocenters. The van der Waals surface area contributed by atoms with Crippen LogP contribution >= 0.6 is 0 Å². The maximum Gasteiger partial charge on any atom is 0.0965 e. The minimum Gasteiger partial charge on any atom is -0.439 e. The second-order valence-electron chi connectivity index (χ2n) is 2.88. The zero-order valence-corrected chi connectivity index (χ0v) is 11.5. The number of rotatable bonds is 2. The maximum absolute atomic E-state index is 2.43. The molecule has 1 nitrogen and oxygen atoms in total. The molecule has 1 rings (SSSR count). The van der Waals surface area contributed by atoms with Crippen LogP contribution in [0.1, 0.15) is 12.5 Å². The summed E-state index contributed by atoms with van der Waals surface area (Å²) < 4.78 is 2.43. The third-order valence-electron chi connectivity index (χ3n) is 1.85. The summed E-state index contributed by atoms with van der Waals surface area (Å²) in [5.41, 5.74) is 2.94. The first-order valence-electron chi connectivity index (χ1n) is 4.01. The molecule has 1 aromatic carbocycles. The van der Waals surface area contributed by atoms with Crippen molar-refractivity contribution in [1.82, 2.24) is 0 Å². The highest BCUT2D eigenvalue weighted by Crippen LogP contribution is 2.16. The van der Waals surface area contributed by atoms with Crippen LogP contribution in [0.2, 0.25) is 0 Å². The highest BCUT2D eigenvalue weighted by Gasteiger charge is 1.98. The first kappa shape index (κ1) is 8.55. The molecule has 0 aliphatic rings. The summed E-state index contributed by atoms with van der Waals surface area (Å²) in [5.74, 6) is 0. The van der Waals surface area contributed by atoms with Crippen LogP contribution in [-0.2, 0) is 6.42 Å². The molecule has 1 aromatic rings. The van der Waals surface area contributed by atoms with Gasteiger partial charge in [-0.1, -0.05) is 25.1 Å². The van der Waals surface area contributed by atoms with Gasteiger partial charge in [0.15, 0.2) is 0 Å². The fourth-order valence-corrected chi connectivity index (χ4v) is 2.12. The van der Waals surface area contributed by atoms with Crippen molar-refractivity contribution in [3.8, 4) is 0 Å². The second kappa shape index (κ2) is 3.73. The summed E-state index contributed by atoms with van der Waals surface area (Å²) in [6.45, 7) is 2.21. The summed E-state index contributed by atoms with van der Waals surface area (Å²) in [4.78, 5) is 0. The SMILES string of the molecule is CCc1ccccc1N([SiH3])[SiH3]. The topological polar surface area (TPSA) is 3.24 Å². The van der Waals surface area contributed by atoms with E-state index in [2.05, 4.69) is 35.4 Å². The van der Waals surface area contributed by atoms with Crippen molar-refractivity contribution < 1.29 is 0 Å². The van der Waals surface area contributed by atoms with E-state index >= 15 is 0 Å². The summed E-state index contributed by atoms with van der Waals surface area (Å²) in [6, 6.07) is 8.68. The molecule has 0 saturated carbocycles. The predicted octanol–water partition coefficient (Wildman–Crippen LogP) is -0.384. The first-order chi connectivity index (χ1) is 5.25. The Bertz CT molecular complexity index is 235. The van der Waals surface area contributed by atoms with Gasteiger partial charge in [-0.25, -0.2) is 0 Å². The molecule has 0 heterocycles. The van der Waals surface area contributed by atoms with E-state index in [0.29, 0.717) is 0 Å². The lowest BCUT2D eigenvalue weighted by Crippen LogP contribution is -2.15. The molecular formula is C8H15NSi2. The number of para-hydroxylation sites is 1. The highest BCUT2D eigenvalue weighted by atomic mass is 28.2. The normalized spacial score (nSPS) is 10.3. The van der Waals surface area contributed by atoms with Gasteiger partial charge >= 0.3 is 0 Å². The summed E-state index contributed by atoms with van der Waals surface area (Å²) >= 11 is 0. The quantitative estimate of drug-likeness (QED) is 0.562. The van der Waals surface area contributed by atoms with Gasteiger partial charge in [-0.3, -0.25) is 0 Å². The molecule has 11 heavy (non-hydrogen) atoms. The van der Waals surface area contributed by atoms with Crippen LogP contribution in [0.15, 0.2) is 24.3 Å². The van der Waals surface area contributed by atoms with E-state index < -0.39 is 0 Å². The minimum absolute atomic E-state index is 1.15. The second-order valence-corrected chi connectivity index (χ2v) is 7.35. The highest BCUT2D eigenvalue weighted by molar-refractivity contribution is 6.41. The molecule has 60 valence electrons. The van der Waals surface area contributed by atoms with E-state index in [1.54, 1.807) is 0 Å². The van der Waals surface area contributed by atoms with Gasteiger partial charge in [-0.15, -0.1) is 0 Å². The molecule has 0 fully saturated rings. The van der Waals surface area contributed by atoms with E-state index in [1.165, 1.54) is 11.3 Å². The van der Waals surface area contributed by atoms with Crippen LogP contribution in [0.5, 0.6) is 0 Å². The zero-order chi connectivity index (χ0) is 8.27. The van der Waals surface area contributed by atoms with Crippen molar-refractivity contribution in [2.75, 3.05) is 4.23 Å². The Kier molecular flexibility index (Phi) is 2.90. The number of hydrogen-bond acceptors (Lipinski definition) is 1. The molecule has 0 aromatic heterocycles. The largest absolute Gasteiger partial charge is 0.439 e. The smallest absolute Gasteiger partial charge is 0.0965 e. The average Bonchev–Trinajstić information content (AvgIpc) is 2.04. The predicted molar refractivity (Wildman–Crippen MR) is 58.2 cm³/mol. The van der Waals surface area contributed by atoms with Gasteiger partial charge in [-0.2, -0.15) is 0 Å². The van der Waals surface area contributed by atoms with Gasteiger partial charge in [0.1, 0.15) is 0 Å². The maximum atomic E-state index is 2.43. The summed E-state index contributed by atoms with van der Waals surface area (Å²) in [7, 11) is 2.31. The molecule has 0 N–H and O–H groups in total. The van der Waals surface area contributed by atoms with Crippen LogP contribution in [0.4, 0.5) is 5.69 Å². The van der Waals surface area contributed by atoms with E-state index in [-0.39, 0.29) is 0 Å². The summed E-state index contributed by atoms with van der Waals surface area (Å²) in [6.07, 6.45) is 1.15. The Morgan fingerprint density at radius 3 is 2.36 bits per heavy atom. The Balaban J connectivity index is 3.02. The fourth-order valence-electron chi connectivity index (χ4n) is 1.25. The molecule has 3 heteroatoms. The molecule has 0 amide bonds. The van der Waals surface area contributed by atoms with Gasteiger partial charge in [0, 0.05) is 5.69 Å². The van der Waals surface area contributed by atoms with Gasteiger partial charge in [0.2, 0.25) is 0 Å². The third-order valence-corrected chi connectivity index (χ3v) is 2.82. The molecular weight excluding hydrogens is 166 g/mol. The van der Waals surface area contributed by atoms with Crippen LogP contribution < -0.4 is 4.23 Å². The van der Waals surface area contributed by atoms with Crippen molar-refractivity contribution in [2.45, 2.75) is 13.3 Å². The lowest BCUT2D eigenvalue weighted by Gasteiger charge is -2.17. The molecule has 0 atom stereocenters. The number of aryl methyl sites for hydroxylation is 1.